The SMILES string of the molecule is Cc1cc(C)c(C#N)c(SCC(=O)NC(C)(C#N)C2CC2)n1. The van der Waals surface area contributed by atoms with Gasteiger partial charge in [0.15, 0.2) is 0 Å². The first kappa shape index (κ1) is 16.3. The quantitative estimate of drug-likeness (QED) is 0.843. The van der Waals surface area contributed by atoms with Crippen LogP contribution in [0.1, 0.15) is 36.6 Å². The number of nitrogens with zero attached hydrogens (tertiary/aromatic N) is 3. The number of carbonyl (C=O) groups excluding carboxylic acids is 1. The summed E-state index contributed by atoms with van der Waals surface area (Å²) in [5, 5.41) is 21.9. The van der Waals surface area contributed by atoms with Crippen LogP contribution in [-0.4, -0.2) is 22.2 Å². The number of nitrogens with one attached hydrogen (secondary N) is 1. The van der Waals surface area contributed by atoms with Gasteiger partial charge in [-0.25, -0.2) is 4.98 Å². The molecule has 0 bridgehead atoms. The highest BCUT2D eigenvalue weighted by Crippen LogP contribution is 2.39. The highest BCUT2D eigenvalue weighted by Gasteiger charge is 2.42. The third-order valence-electron chi connectivity index (χ3n) is 3.79. The lowest BCUT2D eigenvalue weighted by Crippen LogP contribution is -2.47. The average molecular weight is 314 g/mol. The molecule has 1 aliphatic carbocycles. The summed E-state index contributed by atoms with van der Waals surface area (Å²) >= 11 is 1.24. The van der Waals surface area contributed by atoms with Gasteiger partial charge in [0, 0.05) is 5.69 Å². The number of carbonyl (C=O) groups is 1. The van der Waals surface area contributed by atoms with Gasteiger partial charge in [0.25, 0.3) is 0 Å². The molecule has 1 N–H and O–H groups in total. The molecule has 0 saturated heterocycles. The molecular weight excluding hydrogens is 296 g/mol. The summed E-state index contributed by atoms with van der Waals surface area (Å²) in [4.78, 5) is 16.4. The van der Waals surface area contributed by atoms with Gasteiger partial charge in [0.1, 0.15) is 16.6 Å². The molecule has 0 spiro atoms. The molecule has 0 aromatic carbocycles. The van der Waals surface area contributed by atoms with E-state index in [4.69, 9.17) is 0 Å². The van der Waals surface area contributed by atoms with Crippen molar-refractivity contribution in [2.24, 2.45) is 5.92 Å². The minimum atomic E-state index is -0.786. The summed E-state index contributed by atoms with van der Waals surface area (Å²) in [6.45, 7) is 5.48. The molecule has 5 nitrogen and oxygen atoms in total. The van der Waals surface area contributed by atoms with Gasteiger partial charge in [-0.1, -0.05) is 11.8 Å². The zero-order valence-corrected chi connectivity index (χ0v) is 13.8. The molecule has 6 heteroatoms. The smallest absolute Gasteiger partial charge is 0.231 e. The van der Waals surface area contributed by atoms with Gasteiger partial charge in [-0.05, 0) is 51.2 Å². The lowest BCUT2D eigenvalue weighted by atomic mass is 9.98. The van der Waals surface area contributed by atoms with Crippen molar-refractivity contribution in [1.82, 2.24) is 10.3 Å². The monoisotopic (exact) mass is 314 g/mol. The Morgan fingerprint density at radius 2 is 2.18 bits per heavy atom. The molecule has 1 aliphatic rings. The third kappa shape index (κ3) is 3.58. The second kappa shape index (κ2) is 6.37. The number of pyridine rings is 1. The highest BCUT2D eigenvalue weighted by molar-refractivity contribution is 8.00. The number of thioether (sulfide) groups is 1. The molecule has 1 atom stereocenters. The lowest BCUT2D eigenvalue weighted by Gasteiger charge is -2.22. The maximum atomic E-state index is 12.1. The predicted molar refractivity (Wildman–Crippen MR) is 84.0 cm³/mol. The van der Waals surface area contributed by atoms with Crippen molar-refractivity contribution < 1.29 is 4.79 Å². The van der Waals surface area contributed by atoms with E-state index in [-0.39, 0.29) is 17.6 Å². The fourth-order valence-electron chi connectivity index (χ4n) is 2.38. The molecule has 0 radical (unpaired) electrons. The molecule has 1 unspecified atom stereocenters. The Labute approximate surface area is 134 Å². The van der Waals surface area contributed by atoms with Gasteiger partial charge in [0.05, 0.1) is 17.4 Å². The van der Waals surface area contributed by atoms with Gasteiger partial charge in [-0.2, -0.15) is 10.5 Å². The molecule has 1 fully saturated rings. The Balaban J connectivity index is 2.03. The van der Waals surface area contributed by atoms with Crippen molar-refractivity contribution in [2.75, 3.05) is 5.75 Å². The van der Waals surface area contributed by atoms with E-state index in [1.165, 1.54) is 11.8 Å². The van der Waals surface area contributed by atoms with Crippen LogP contribution >= 0.6 is 11.8 Å². The Kier molecular flexibility index (Phi) is 4.73. The van der Waals surface area contributed by atoms with E-state index in [2.05, 4.69) is 22.4 Å². The van der Waals surface area contributed by atoms with Gasteiger partial charge in [-0.15, -0.1) is 0 Å². The van der Waals surface area contributed by atoms with Crippen LogP contribution in [0.3, 0.4) is 0 Å². The molecule has 22 heavy (non-hydrogen) atoms. The van der Waals surface area contributed by atoms with Gasteiger partial charge >= 0.3 is 0 Å². The Bertz CT molecular complexity index is 685. The van der Waals surface area contributed by atoms with E-state index in [1.54, 1.807) is 6.92 Å². The normalized spacial score (nSPS) is 16.2. The molecule has 114 valence electrons. The highest BCUT2D eigenvalue weighted by atomic mass is 32.2. The van der Waals surface area contributed by atoms with Crippen LogP contribution < -0.4 is 5.32 Å². The number of amides is 1. The first-order chi connectivity index (χ1) is 10.4. The van der Waals surface area contributed by atoms with Crippen LogP contribution in [0.5, 0.6) is 0 Å². The summed E-state index contributed by atoms with van der Waals surface area (Å²) in [7, 11) is 0. The van der Waals surface area contributed by atoms with Crippen LogP contribution in [0.15, 0.2) is 11.1 Å². The predicted octanol–water partition coefficient (Wildman–Crippen LogP) is 2.47. The van der Waals surface area contributed by atoms with Crippen molar-refractivity contribution >= 4 is 17.7 Å². The summed E-state index contributed by atoms with van der Waals surface area (Å²) < 4.78 is 0. The van der Waals surface area contributed by atoms with E-state index in [0.717, 1.165) is 24.1 Å². The van der Waals surface area contributed by atoms with Gasteiger partial charge in [0.2, 0.25) is 5.91 Å². The molecule has 1 amide bonds. The summed E-state index contributed by atoms with van der Waals surface area (Å²) in [6.07, 6.45) is 1.96. The van der Waals surface area contributed by atoms with Crippen molar-refractivity contribution in [1.29, 1.82) is 10.5 Å². The van der Waals surface area contributed by atoms with Crippen LogP contribution in [0.4, 0.5) is 0 Å². The van der Waals surface area contributed by atoms with Crippen LogP contribution in [0, 0.1) is 42.4 Å². The molecular formula is C16H18N4OS. The number of aromatic nitrogens is 1. The second-order valence-corrected chi connectivity index (χ2v) is 6.76. The molecule has 2 rings (SSSR count). The molecule has 1 aromatic rings. The first-order valence-electron chi connectivity index (χ1n) is 7.13. The maximum Gasteiger partial charge on any atom is 0.231 e. The number of aryl methyl sites for hydroxylation is 2. The van der Waals surface area contributed by atoms with Crippen LogP contribution in [-0.2, 0) is 4.79 Å². The minimum absolute atomic E-state index is 0.147. The molecule has 0 aliphatic heterocycles. The summed E-state index contributed by atoms with van der Waals surface area (Å²) in [5.74, 6) is 0.195. The number of hydrogen-bond donors (Lipinski definition) is 1. The number of nitriles is 2. The van der Waals surface area contributed by atoms with E-state index in [9.17, 15) is 15.3 Å². The summed E-state index contributed by atoms with van der Waals surface area (Å²) in [5.41, 5.74) is 1.40. The van der Waals surface area contributed by atoms with E-state index in [0.29, 0.717) is 10.6 Å². The Morgan fingerprint density at radius 1 is 1.50 bits per heavy atom. The van der Waals surface area contributed by atoms with Gasteiger partial charge < -0.3 is 5.32 Å². The number of rotatable bonds is 5. The number of hydrogen-bond acceptors (Lipinski definition) is 5. The summed E-state index contributed by atoms with van der Waals surface area (Å²) in [6, 6.07) is 6.19. The fourth-order valence-corrected chi connectivity index (χ4v) is 3.28. The molecule has 1 saturated carbocycles. The van der Waals surface area contributed by atoms with E-state index >= 15 is 0 Å². The minimum Gasteiger partial charge on any atom is -0.337 e. The van der Waals surface area contributed by atoms with Crippen molar-refractivity contribution in [3.8, 4) is 12.1 Å². The topological polar surface area (TPSA) is 89.6 Å². The Morgan fingerprint density at radius 3 is 2.73 bits per heavy atom. The first-order valence-corrected chi connectivity index (χ1v) is 8.11. The van der Waals surface area contributed by atoms with Gasteiger partial charge in [-0.3, -0.25) is 4.79 Å². The third-order valence-corrected chi connectivity index (χ3v) is 4.76. The molecule has 1 aromatic heterocycles. The lowest BCUT2D eigenvalue weighted by molar-refractivity contribution is -0.119. The van der Waals surface area contributed by atoms with Crippen LogP contribution in [0.25, 0.3) is 0 Å². The van der Waals surface area contributed by atoms with E-state index in [1.807, 2.05) is 19.9 Å². The average Bonchev–Trinajstić information content (AvgIpc) is 3.29. The maximum absolute atomic E-state index is 12.1. The van der Waals surface area contributed by atoms with E-state index < -0.39 is 5.54 Å². The second-order valence-electron chi connectivity index (χ2n) is 5.80. The van der Waals surface area contributed by atoms with Crippen molar-refractivity contribution in [3.05, 3.63) is 22.9 Å². The van der Waals surface area contributed by atoms with Crippen molar-refractivity contribution in [3.63, 3.8) is 0 Å². The zero-order valence-electron chi connectivity index (χ0n) is 12.9. The van der Waals surface area contributed by atoms with Crippen LogP contribution in [0.2, 0.25) is 0 Å². The van der Waals surface area contributed by atoms with Crippen molar-refractivity contribution in [2.45, 2.75) is 44.2 Å². The largest absolute Gasteiger partial charge is 0.337 e. The zero-order chi connectivity index (χ0) is 16.3. The Hall–Kier alpha value is -2.05. The molecule has 1 heterocycles. The fraction of sp³-hybridized carbons (Fsp3) is 0.500. The standard InChI is InChI=1S/C16H18N4OS/c1-10-6-11(2)19-15(13(10)7-17)22-8-14(21)20-16(3,9-18)12-4-5-12/h6,12H,4-5,8H2,1-3H3,(H,20,21).